The van der Waals surface area contributed by atoms with Crippen molar-refractivity contribution in [1.29, 1.82) is 0 Å². The molecule has 18 heavy (non-hydrogen) atoms. The SMILES string of the molecule is CC(C)(C)C1CCC(Br)C(Cc2ccc(Cl)s2)C1. The molecule has 1 aliphatic carbocycles. The molecule has 0 amide bonds. The van der Waals surface area contributed by atoms with Gasteiger partial charge in [0.2, 0.25) is 0 Å². The minimum Gasteiger partial charge on any atom is -0.128 e. The average molecular weight is 350 g/mol. The van der Waals surface area contributed by atoms with Crippen LogP contribution in [0.4, 0.5) is 0 Å². The lowest BCUT2D eigenvalue weighted by Crippen LogP contribution is -2.33. The highest BCUT2D eigenvalue weighted by atomic mass is 79.9. The first-order valence-corrected chi connectivity index (χ1v) is 8.85. The molecule has 3 heteroatoms. The smallest absolute Gasteiger partial charge is 0.0931 e. The van der Waals surface area contributed by atoms with Crippen LogP contribution in [0.2, 0.25) is 4.34 Å². The predicted molar refractivity (Wildman–Crippen MR) is 86.0 cm³/mol. The summed E-state index contributed by atoms with van der Waals surface area (Å²) < 4.78 is 0.916. The summed E-state index contributed by atoms with van der Waals surface area (Å²) in [6.45, 7) is 7.14. The Morgan fingerprint density at radius 3 is 2.61 bits per heavy atom. The summed E-state index contributed by atoms with van der Waals surface area (Å²) in [7, 11) is 0. The summed E-state index contributed by atoms with van der Waals surface area (Å²) >= 11 is 11.6. The van der Waals surface area contributed by atoms with E-state index in [0.29, 0.717) is 10.2 Å². The summed E-state index contributed by atoms with van der Waals surface area (Å²) in [6.07, 6.45) is 5.20. The molecule has 1 heterocycles. The van der Waals surface area contributed by atoms with Crippen molar-refractivity contribution in [3.8, 4) is 0 Å². The molecule has 0 nitrogen and oxygen atoms in total. The van der Waals surface area contributed by atoms with Gasteiger partial charge in [-0.25, -0.2) is 0 Å². The van der Waals surface area contributed by atoms with Gasteiger partial charge in [0.1, 0.15) is 0 Å². The van der Waals surface area contributed by atoms with E-state index in [9.17, 15) is 0 Å². The van der Waals surface area contributed by atoms with E-state index in [-0.39, 0.29) is 0 Å². The second-order valence-electron chi connectivity index (χ2n) is 6.56. The third-order valence-electron chi connectivity index (χ3n) is 4.21. The summed E-state index contributed by atoms with van der Waals surface area (Å²) in [5, 5.41) is 0. The molecule has 1 aromatic heterocycles. The summed E-state index contributed by atoms with van der Waals surface area (Å²) in [6, 6.07) is 4.21. The van der Waals surface area contributed by atoms with Gasteiger partial charge in [-0.05, 0) is 55.1 Å². The Hall–Kier alpha value is 0.470. The van der Waals surface area contributed by atoms with E-state index in [2.05, 4.69) is 42.8 Å². The first-order valence-electron chi connectivity index (χ1n) is 6.74. The second kappa shape index (κ2) is 5.85. The summed E-state index contributed by atoms with van der Waals surface area (Å²) in [4.78, 5) is 2.11. The fourth-order valence-corrected chi connectivity index (χ4v) is 4.79. The maximum Gasteiger partial charge on any atom is 0.0931 e. The van der Waals surface area contributed by atoms with Crippen LogP contribution in [0, 0.1) is 17.3 Å². The molecule has 2 rings (SSSR count). The normalized spacial score (nSPS) is 29.5. The predicted octanol–water partition coefficient (Wildman–Crippen LogP) is 6.17. The van der Waals surface area contributed by atoms with E-state index < -0.39 is 0 Å². The van der Waals surface area contributed by atoms with Crippen LogP contribution in [0.15, 0.2) is 12.1 Å². The minimum atomic E-state index is 0.443. The topological polar surface area (TPSA) is 0 Å². The van der Waals surface area contributed by atoms with Crippen LogP contribution in [0.5, 0.6) is 0 Å². The molecule has 0 N–H and O–H groups in total. The standard InChI is InChI=1S/C15H22BrClS/c1-15(2,3)11-4-6-13(16)10(8-11)9-12-5-7-14(17)18-12/h5,7,10-11,13H,4,6,8-9H2,1-3H3. The average Bonchev–Trinajstić information content (AvgIpc) is 2.66. The van der Waals surface area contributed by atoms with Crippen LogP contribution in [0.3, 0.4) is 0 Å². The quantitative estimate of drug-likeness (QED) is 0.560. The van der Waals surface area contributed by atoms with Crippen molar-refractivity contribution < 1.29 is 0 Å². The van der Waals surface area contributed by atoms with E-state index in [1.54, 1.807) is 11.3 Å². The molecular weight excluding hydrogens is 328 g/mol. The van der Waals surface area contributed by atoms with Gasteiger partial charge in [0.05, 0.1) is 4.34 Å². The molecule has 3 atom stereocenters. The van der Waals surface area contributed by atoms with E-state index in [0.717, 1.165) is 16.2 Å². The first kappa shape index (κ1) is 14.9. The Morgan fingerprint density at radius 2 is 2.06 bits per heavy atom. The Balaban J connectivity index is 2.02. The molecule has 0 saturated heterocycles. The van der Waals surface area contributed by atoms with Crippen molar-refractivity contribution >= 4 is 38.9 Å². The lowest BCUT2D eigenvalue weighted by atomic mass is 9.68. The van der Waals surface area contributed by atoms with Gasteiger partial charge in [-0.15, -0.1) is 11.3 Å². The van der Waals surface area contributed by atoms with Crippen LogP contribution >= 0.6 is 38.9 Å². The Labute approximate surface area is 128 Å². The monoisotopic (exact) mass is 348 g/mol. The minimum absolute atomic E-state index is 0.443. The Kier molecular flexibility index (Phi) is 4.83. The van der Waals surface area contributed by atoms with Crippen molar-refractivity contribution in [2.24, 2.45) is 17.3 Å². The van der Waals surface area contributed by atoms with Crippen molar-refractivity contribution in [3.05, 3.63) is 21.3 Å². The molecule has 1 saturated carbocycles. The third kappa shape index (κ3) is 3.74. The van der Waals surface area contributed by atoms with Gasteiger partial charge < -0.3 is 0 Å². The molecular formula is C15H22BrClS. The number of thiophene rings is 1. The van der Waals surface area contributed by atoms with Crippen molar-refractivity contribution in [3.63, 3.8) is 0 Å². The van der Waals surface area contributed by atoms with E-state index in [1.807, 2.05) is 6.07 Å². The highest BCUT2D eigenvalue weighted by Gasteiger charge is 2.34. The van der Waals surface area contributed by atoms with Gasteiger partial charge in [-0.3, -0.25) is 0 Å². The van der Waals surface area contributed by atoms with Gasteiger partial charge in [-0.2, -0.15) is 0 Å². The van der Waals surface area contributed by atoms with Crippen LogP contribution in [-0.2, 0) is 6.42 Å². The Bertz CT molecular complexity index is 393. The maximum atomic E-state index is 6.02. The number of halogens is 2. The zero-order valence-corrected chi connectivity index (χ0v) is 14.5. The van der Waals surface area contributed by atoms with E-state index in [4.69, 9.17) is 11.6 Å². The number of hydrogen-bond acceptors (Lipinski definition) is 1. The van der Waals surface area contributed by atoms with Crippen LogP contribution in [-0.4, -0.2) is 4.83 Å². The van der Waals surface area contributed by atoms with Crippen molar-refractivity contribution in [2.75, 3.05) is 0 Å². The van der Waals surface area contributed by atoms with Crippen LogP contribution in [0.25, 0.3) is 0 Å². The fourth-order valence-electron chi connectivity index (χ4n) is 2.94. The molecule has 0 aliphatic heterocycles. The van der Waals surface area contributed by atoms with Crippen LogP contribution in [0.1, 0.15) is 44.9 Å². The highest BCUT2D eigenvalue weighted by molar-refractivity contribution is 9.09. The third-order valence-corrected chi connectivity index (χ3v) is 6.67. The van der Waals surface area contributed by atoms with Crippen molar-refractivity contribution in [1.82, 2.24) is 0 Å². The molecule has 1 aromatic rings. The summed E-state index contributed by atoms with van der Waals surface area (Å²) in [5.41, 5.74) is 0.443. The molecule has 102 valence electrons. The molecule has 1 aliphatic rings. The van der Waals surface area contributed by atoms with E-state index in [1.165, 1.54) is 30.6 Å². The summed E-state index contributed by atoms with van der Waals surface area (Å²) in [5.74, 6) is 1.62. The molecule has 1 fully saturated rings. The number of hydrogen-bond donors (Lipinski definition) is 0. The Morgan fingerprint density at radius 1 is 1.33 bits per heavy atom. The molecule has 0 aromatic carbocycles. The van der Waals surface area contributed by atoms with E-state index >= 15 is 0 Å². The van der Waals surface area contributed by atoms with Crippen molar-refractivity contribution in [2.45, 2.75) is 51.3 Å². The molecule has 3 unspecified atom stereocenters. The fraction of sp³-hybridized carbons (Fsp3) is 0.733. The van der Waals surface area contributed by atoms with Gasteiger partial charge in [0.15, 0.2) is 0 Å². The lowest BCUT2D eigenvalue weighted by Gasteiger charge is -2.40. The number of rotatable bonds is 2. The van der Waals surface area contributed by atoms with Gasteiger partial charge >= 0.3 is 0 Å². The molecule has 0 spiro atoms. The molecule has 0 bridgehead atoms. The second-order valence-corrected chi connectivity index (χ2v) is 9.54. The molecule has 0 radical (unpaired) electrons. The van der Waals surface area contributed by atoms with Gasteiger partial charge in [0, 0.05) is 9.70 Å². The van der Waals surface area contributed by atoms with Crippen LogP contribution < -0.4 is 0 Å². The largest absolute Gasteiger partial charge is 0.128 e. The number of alkyl halides is 1. The zero-order chi connectivity index (χ0) is 13.3. The van der Waals surface area contributed by atoms with Gasteiger partial charge in [-0.1, -0.05) is 48.3 Å². The first-order chi connectivity index (χ1) is 8.36. The van der Waals surface area contributed by atoms with Gasteiger partial charge in [0.25, 0.3) is 0 Å². The lowest BCUT2D eigenvalue weighted by molar-refractivity contribution is 0.147. The highest BCUT2D eigenvalue weighted by Crippen LogP contribution is 2.44. The zero-order valence-electron chi connectivity index (χ0n) is 11.4. The maximum absolute atomic E-state index is 6.02.